The summed E-state index contributed by atoms with van der Waals surface area (Å²) in [5.41, 5.74) is 3.96. The molecule has 3 aromatic rings. The molecule has 7 heteroatoms. The van der Waals surface area contributed by atoms with Gasteiger partial charge in [0.1, 0.15) is 5.82 Å². The average Bonchev–Trinajstić information content (AvgIpc) is 3.29. The van der Waals surface area contributed by atoms with Crippen molar-refractivity contribution in [3.63, 3.8) is 0 Å². The van der Waals surface area contributed by atoms with Crippen LogP contribution in [0.2, 0.25) is 0 Å². The van der Waals surface area contributed by atoms with E-state index in [1.165, 1.54) is 0 Å². The number of nitrogens with zero attached hydrogens (tertiary/aromatic N) is 3. The van der Waals surface area contributed by atoms with Crippen LogP contribution in [0.5, 0.6) is 0 Å². The van der Waals surface area contributed by atoms with Crippen LogP contribution in [-0.4, -0.2) is 34.5 Å². The summed E-state index contributed by atoms with van der Waals surface area (Å²) in [7, 11) is -3.22. The highest BCUT2D eigenvalue weighted by atomic mass is 32.2. The zero-order chi connectivity index (χ0) is 19.8. The first kappa shape index (κ1) is 18.5. The summed E-state index contributed by atoms with van der Waals surface area (Å²) in [5, 5.41) is 4.26. The lowest BCUT2D eigenvalue weighted by Crippen LogP contribution is -2.41. The zero-order valence-corrected chi connectivity index (χ0v) is 17.0. The first-order valence-electron chi connectivity index (χ1n) is 10.2. The monoisotopic (exact) mass is 408 g/mol. The van der Waals surface area contributed by atoms with Crippen LogP contribution in [0.4, 0.5) is 11.5 Å². The van der Waals surface area contributed by atoms with E-state index < -0.39 is 10.0 Å². The van der Waals surface area contributed by atoms with E-state index in [2.05, 4.69) is 21.4 Å². The summed E-state index contributed by atoms with van der Waals surface area (Å²) in [4.78, 5) is 9.03. The summed E-state index contributed by atoms with van der Waals surface area (Å²) < 4.78 is 27.6. The second kappa shape index (κ2) is 7.39. The predicted molar refractivity (Wildman–Crippen MR) is 115 cm³/mol. The largest absolute Gasteiger partial charge is 0.339 e. The van der Waals surface area contributed by atoms with Crippen LogP contribution in [0.15, 0.2) is 48.8 Å². The van der Waals surface area contributed by atoms with Gasteiger partial charge in [0.25, 0.3) is 0 Å². The van der Waals surface area contributed by atoms with Crippen LogP contribution >= 0.6 is 0 Å². The van der Waals surface area contributed by atoms with Gasteiger partial charge in [0.05, 0.1) is 22.7 Å². The number of pyridine rings is 2. The van der Waals surface area contributed by atoms with E-state index in [0.29, 0.717) is 19.5 Å². The summed E-state index contributed by atoms with van der Waals surface area (Å²) in [6.07, 6.45) is 7.86. The van der Waals surface area contributed by atoms with E-state index in [-0.39, 0.29) is 5.25 Å². The Morgan fingerprint density at radius 1 is 1.07 bits per heavy atom. The molecule has 6 nitrogen and oxygen atoms in total. The quantitative estimate of drug-likeness (QED) is 0.706. The molecule has 1 aliphatic carbocycles. The number of hydrogen-bond acceptors (Lipinski definition) is 5. The lowest BCUT2D eigenvalue weighted by Gasteiger charge is -2.31. The van der Waals surface area contributed by atoms with E-state index in [9.17, 15) is 8.42 Å². The second-order valence-corrected chi connectivity index (χ2v) is 10.1. The van der Waals surface area contributed by atoms with Gasteiger partial charge in [0.2, 0.25) is 10.0 Å². The molecule has 29 heavy (non-hydrogen) atoms. The van der Waals surface area contributed by atoms with Crippen LogP contribution in [0, 0.1) is 0 Å². The molecule has 2 aromatic heterocycles. The van der Waals surface area contributed by atoms with Gasteiger partial charge in [-0.05, 0) is 43.0 Å². The predicted octanol–water partition coefficient (Wildman–Crippen LogP) is 4.00. The van der Waals surface area contributed by atoms with Gasteiger partial charge in [-0.1, -0.05) is 31.0 Å². The van der Waals surface area contributed by atoms with E-state index in [0.717, 1.165) is 59.2 Å². The molecule has 0 saturated heterocycles. The van der Waals surface area contributed by atoms with Gasteiger partial charge in [0.15, 0.2) is 0 Å². The van der Waals surface area contributed by atoms with Gasteiger partial charge >= 0.3 is 0 Å². The maximum absolute atomic E-state index is 13.0. The van der Waals surface area contributed by atoms with Crippen molar-refractivity contribution >= 4 is 32.4 Å². The molecule has 0 unspecified atom stereocenters. The molecule has 150 valence electrons. The molecular formula is C22H24N4O2S. The Morgan fingerprint density at radius 2 is 1.90 bits per heavy atom. The Balaban J connectivity index is 1.40. The molecule has 1 aromatic carbocycles. The minimum absolute atomic E-state index is 0.202. The summed E-state index contributed by atoms with van der Waals surface area (Å²) in [6.45, 7) is 0.948. The van der Waals surface area contributed by atoms with Gasteiger partial charge in [-0.15, -0.1) is 0 Å². The molecule has 0 bridgehead atoms. The topological polar surface area (TPSA) is 75.2 Å². The molecule has 1 aliphatic heterocycles. The first-order chi connectivity index (χ1) is 14.1. The van der Waals surface area contributed by atoms with E-state index in [1.54, 1.807) is 10.5 Å². The number of benzene rings is 1. The molecule has 0 atom stereocenters. The van der Waals surface area contributed by atoms with Gasteiger partial charge in [-0.25, -0.2) is 13.4 Å². The van der Waals surface area contributed by atoms with E-state index >= 15 is 0 Å². The molecule has 5 rings (SSSR count). The number of hydrogen-bond donors (Lipinski definition) is 1. The maximum Gasteiger partial charge on any atom is 0.217 e. The molecular weight excluding hydrogens is 384 g/mol. The van der Waals surface area contributed by atoms with Crippen molar-refractivity contribution in [3.05, 3.63) is 59.9 Å². The van der Waals surface area contributed by atoms with Crippen LogP contribution in [0.3, 0.4) is 0 Å². The van der Waals surface area contributed by atoms with E-state index in [4.69, 9.17) is 0 Å². The molecule has 0 spiro atoms. The fraction of sp³-hybridized carbons (Fsp3) is 0.364. The van der Waals surface area contributed by atoms with Crippen LogP contribution in [-0.2, 0) is 23.0 Å². The van der Waals surface area contributed by atoms with Crippen molar-refractivity contribution in [2.24, 2.45) is 0 Å². The molecule has 1 N–H and O–H groups in total. The summed E-state index contributed by atoms with van der Waals surface area (Å²) in [6, 6.07) is 12.0. The minimum Gasteiger partial charge on any atom is -0.339 e. The number of sulfonamides is 1. The number of rotatable bonds is 4. The Labute approximate surface area is 171 Å². The standard InChI is InChI=1S/C22H24N4O2S/c27-29(28,19-6-2-3-7-19)26-12-10-20-17(15-26)9-11-23-22(20)25-18-13-16-5-1-4-8-21(16)24-14-18/h1,4-5,8-9,11,13-14,19H,2-3,6-7,10,12,15H2,(H,23,25). The molecule has 1 fully saturated rings. The number of nitrogens with one attached hydrogen (secondary N) is 1. The number of anilines is 2. The molecule has 1 saturated carbocycles. The van der Waals surface area contributed by atoms with Crippen LogP contribution < -0.4 is 5.32 Å². The lowest BCUT2D eigenvalue weighted by atomic mass is 10.0. The number of para-hydroxylation sites is 1. The Kier molecular flexibility index (Phi) is 4.72. The van der Waals surface area contributed by atoms with Crippen molar-refractivity contribution in [1.29, 1.82) is 0 Å². The van der Waals surface area contributed by atoms with Gasteiger partial charge < -0.3 is 5.32 Å². The van der Waals surface area contributed by atoms with Crippen molar-refractivity contribution < 1.29 is 8.42 Å². The highest BCUT2D eigenvalue weighted by Crippen LogP contribution is 2.32. The minimum atomic E-state index is -3.22. The van der Waals surface area contributed by atoms with Crippen molar-refractivity contribution in [3.8, 4) is 0 Å². The Bertz CT molecular complexity index is 1160. The van der Waals surface area contributed by atoms with Crippen molar-refractivity contribution in [2.75, 3.05) is 11.9 Å². The molecule has 2 aliphatic rings. The van der Waals surface area contributed by atoms with Gasteiger partial charge in [-0.3, -0.25) is 4.98 Å². The van der Waals surface area contributed by atoms with Crippen LogP contribution in [0.25, 0.3) is 10.9 Å². The van der Waals surface area contributed by atoms with Gasteiger partial charge in [0, 0.05) is 30.2 Å². The van der Waals surface area contributed by atoms with Crippen LogP contribution in [0.1, 0.15) is 36.8 Å². The molecule has 0 amide bonds. The fourth-order valence-electron chi connectivity index (χ4n) is 4.46. The smallest absolute Gasteiger partial charge is 0.217 e. The van der Waals surface area contributed by atoms with Crippen molar-refractivity contribution in [1.82, 2.24) is 14.3 Å². The SMILES string of the molecule is O=S(=O)(C1CCCC1)N1CCc2c(ccnc2Nc2cnc3ccccc3c2)C1. The highest BCUT2D eigenvalue weighted by molar-refractivity contribution is 7.89. The Hall–Kier alpha value is -2.51. The number of aromatic nitrogens is 2. The highest BCUT2D eigenvalue weighted by Gasteiger charge is 2.36. The Morgan fingerprint density at radius 3 is 2.76 bits per heavy atom. The summed E-state index contributed by atoms with van der Waals surface area (Å²) >= 11 is 0. The number of fused-ring (bicyclic) bond motifs is 2. The average molecular weight is 409 g/mol. The third kappa shape index (κ3) is 3.49. The summed E-state index contributed by atoms with van der Waals surface area (Å²) in [5.74, 6) is 0.789. The molecule has 3 heterocycles. The molecule has 0 radical (unpaired) electrons. The normalized spacial score (nSPS) is 18.1. The third-order valence-electron chi connectivity index (χ3n) is 6.05. The third-order valence-corrected chi connectivity index (χ3v) is 8.39. The first-order valence-corrected chi connectivity index (χ1v) is 11.7. The van der Waals surface area contributed by atoms with Gasteiger partial charge in [-0.2, -0.15) is 4.31 Å². The maximum atomic E-state index is 13.0. The van der Waals surface area contributed by atoms with Crippen molar-refractivity contribution in [2.45, 2.75) is 43.9 Å². The van der Waals surface area contributed by atoms with E-state index in [1.807, 2.05) is 36.5 Å². The second-order valence-electron chi connectivity index (χ2n) is 7.87. The lowest BCUT2D eigenvalue weighted by molar-refractivity contribution is 0.384. The zero-order valence-electron chi connectivity index (χ0n) is 16.2. The fourth-order valence-corrected chi connectivity index (χ4v) is 6.48.